The van der Waals surface area contributed by atoms with Crippen molar-refractivity contribution in [3.63, 3.8) is 0 Å². The fraction of sp³-hybridized carbons (Fsp3) is 0.161. The van der Waals surface area contributed by atoms with Crippen molar-refractivity contribution in [2.45, 2.75) is 6.92 Å². The van der Waals surface area contributed by atoms with Crippen LogP contribution in [0.1, 0.15) is 16.2 Å². The number of aromatic nitrogens is 3. The monoisotopic (exact) mass is 604 g/mol. The van der Waals surface area contributed by atoms with Gasteiger partial charge in [-0.25, -0.2) is 23.7 Å². The molecular formula is C31H27ClF2N6O3. The number of amides is 1. The van der Waals surface area contributed by atoms with Crippen LogP contribution in [0.5, 0.6) is 5.75 Å². The molecule has 0 spiro atoms. The summed E-state index contributed by atoms with van der Waals surface area (Å²) in [5.74, 6) is -0.685. The summed E-state index contributed by atoms with van der Waals surface area (Å²) in [6.07, 6.45) is 1.58. The Kier molecular flexibility index (Phi) is 8.93. The highest BCUT2D eigenvalue weighted by Gasteiger charge is 2.19. The third kappa shape index (κ3) is 7.32. The highest BCUT2D eigenvalue weighted by Crippen LogP contribution is 2.34. The lowest BCUT2D eigenvalue weighted by Crippen LogP contribution is -2.19. The second-order valence-electron chi connectivity index (χ2n) is 9.76. The van der Waals surface area contributed by atoms with Gasteiger partial charge in [0.2, 0.25) is 5.95 Å². The molecule has 0 aliphatic heterocycles. The average Bonchev–Trinajstić information content (AvgIpc) is 3.37. The summed E-state index contributed by atoms with van der Waals surface area (Å²) in [4.78, 5) is 28.1. The van der Waals surface area contributed by atoms with Crippen molar-refractivity contribution in [2.75, 3.05) is 37.9 Å². The lowest BCUT2D eigenvalue weighted by Gasteiger charge is -2.13. The third-order valence-corrected chi connectivity index (χ3v) is 6.47. The molecule has 0 saturated heterocycles. The van der Waals surface area contributed by atoms with E-state index in [0.29, 0.717) is 63.3 Å². The quantitative estimate of drug-likeness (QED) is 0.176. The van der Waals surface area contributed by atoms with Gasteiger partial charge in [0.1, 0.15) is 35.4 Å². The van der Waals surface area contributed by atoms with Crippen molar-refractivity contribution in [2.24, 2.45) is 0 Å². The molecule has 0 unspecified atom stereocenters. The maximum absolute atomic E-state index is 14.1. The average molecular weight is 605 g/mol. The summed E-state index contributed by atoms with van der Waals surface area (Å²) in [7, 11) is 3.93. The molecule has 9 nitrogen and oxygen atoms in total. The molecule has 2 N–H and O–H groups in total. The number of anilines is 3. The first-order valence-corrected chi connectivity index (χ1v) is 13.6. The van der Waals surface area contributed by atoms with E-state index in [0.717, 1.165) is 24.7 Å². The molecule has 0 aliphatic carbocycles. The summed E-state index contributed by atoms with van der Waals surface area (Å²) >= 11 is 6.42. The number of rotatable bonds is 10. The number of ether oxygens (including phenoxy) is 1. The summed E-state index contributed by atoms with van der Waals surface area (Å²) in [5.41, 5.74) is 2.14. The molecule has 5 rings (SSSR count). The van der Waals surface area contributed by atoms with Crippen LogP contribution >= 0.6 is 11.6 Å². The van der Waals surface area contributed by atoms with E-state index < -0.39 is 23.1 Å². The number of oxazole rings is 1. The SMILES string of the molecule is Cc1nc(-c2cccc(NC(=O)c3cc(F)ccc3F)c2)c(-c2ccnc(Nc3ccc(OCCN(C)C)c(Cl)c3)n2)o1. The van der Waals surface area contributed by atoms with Crippen molar-refractivity contribution < 1.29 is 22.7 Å². The van der Waals surface area contributed by atoms with Crippen LogP contribution in [0, 0.1) is 18.6 Å². The number of hydrogen-bond acceptors (Lipinski definition) is 8. The molecule has 2 heterocycles. The molecular weight excluding hydrogens is 578 g/mol. The van der Waals surface area contributed by atoms with E-state index >= 15 is 0 Å². The molecule has 0 atom stereocenters. The first kappa shape index (κ1) is 29.6. The molecule has 43 heavy (non-hydrogen) atoms. The number of aryl methyl sites for hydroxylation is 1. The minimum Gasteiger partial charge on any atom is -0.491 e. The molecule has 0 bridgehead atoms. The molecule has 2 aromatic heterocycles. The number of carbonyl (C=O) groups is 1. The van der Waals surface area contributed by atoms with Gasteiger partial charge in [-0.2, -0.15) is 0 Å². The van der Waals surface area contributed by atoms with E-state index in [1.54, 1.807) is 55.6 Å². The van der Waals surface area contributed by atoms with E-state index in [1.807, 2.05) is 25.1 Å². The van der Waals surface area contributed by atoms with Crippen LogP contribution < -0.4 is 15.4 Å². The molecule has 220 valence electrons. The number of carbonyl (C=O) groups excluding carboxylic acids is 1. The van der Waals surface area contributed by atoms with Crippen molar-refractivity contribution in [3.8, 4) is 28.5 Å². The first-order valence-electron chi connectivity index (χ1n) is 13.2. The molecule has 0 aliphatic rings. The van der Waals surface area contributed by atoms with Gasteiger partial charge in [0.05, 0.1) is 10.6 Å². The number of hydrogen-bond donors (Lipinski definition) is 2. The second kappa shape index (κ2) is 13.0. The Morgan fingerprint density at radius 3 is 2.65 bits per heavy atom. The second-order valence-corrected chi connectivity index (χ2v) is 10.2. The van der Waals surface area contributed by atoms with Crippen LogP contribution in [-0.2, 0) is 0 Å². The van der Waals surface area contributed by atoms with Gasteiger partial charge < -0.3 is 24.7 Å². The van der Waals surface area contributed by atoms with Gasteiger partial charge in [-0.3, -0.25) is 4.79 Å². The van der Waals surface area contributed by atoms with Gasteiger partial charge in [0.15, 0.2) is 11.7 Å². The lowest BCUT2D eigenvalue weighted by molar-refractivity contribution is 0.102. The predicted octanol–water partition coefficient (Wildman–Crippen LogP) is 6.97. The zero-order chi connectivity index (χ0) is 30.5. The van der Waals surface area contributed by atoms with Gasteiger partial charge in [0.25, 0.3) is 5.91 Å². The van der Waals surface area contributed by atoms with Crippen molar-refractivity contribution in [1.82, 2.24) is 19.9 Å². The molecule has 12 heteroatoms. The van der Waals surface area contributed by atoms with Crippen LogP contribution in [0.3, 0.4) is 0 Å². The highest BCUT2D eigenvalue weighted by atomic mass is 35.5. The zero-order valence-electron chi connectivity index (χ0n) is 23.5. The Labute approximate surface area is 251 Å². The van der Waals surface area contributed by atoms with Crippen LogP contribution in [-0.4, -0.2) is 53.0 Å². The van der Waals surface area contributed by atoms with Crippen LogP contribution in [0.15, 0.2) is 77.3 Å². The normalized spacial score (nSPS) is 11.0. The van der Waals surface area contributed by atoms with E-state index in [1.165, 1.54) is 0 Å². The van der Waals surface area contributed by atoms with E-state index in [-0.39, 0.29) is 0 Å². The third-order valence-electron chi connectivity index (χ3n) is 6.17. The molecule has 0 fully saturated rings. The standard InChI is InChI=1S/C31H27ClF2N6O3/c1-18-36-28(19-5-4-6-21(15-19)37-30(41)23-16-20(33)7-9-25(23)34)29(43-18)26-11-12-35-31(39-26)38-22-8-10-27(24(32)17-22)42-14-13-40(2)3/h4-12,15-17H,13-14H2,1-3H3,(H,37,41)(H,35,38,39). The lowest BCUT2D eigenvalue weighted by atomic mass is 10.1. The number of benzene rings is 3. The van der Waals surface area contributed by atoms with Crippen LogP contribution in [0.25, 0.3) is 22.7 Å². The van der Waals surface area contributed by atoms with Gasteiger partial charge in [-0.1, -0.05) is 23.7 Å². The summed E-state index contributed by atoms with van der Waals surface area (Å²) in [6.45, 7) is 2.97. The Hall–Kier alpha value is -4.87. The maximum atomic E-state index is 14.1. The van der Waals surface area contributed by atoms with E-state index in [2.05, 4.69) is 25.6 Å². The summed E-state index contributed by atoms with van der Waals surface area (Å²) < 4.78 is 39.4. The smallest absolute Gasteiger partial charge is 0.258 e. The van der Waals surface area contributed by atoms with Gasteiger partial charge in [-0.15, -0.1) is 0 Å². The largest absolute Gasteiger partial charge is 0.491 e. The molecule has 0 saturated carbocycles. The van der Waals surface area contributed by atoms with Crippen molar-refractivity contribution >= 4 is 34.8 Å². The Balaban J connectivity index is 1.36. The van der Waals surface area contributed by atoms with Gasteiger partial charge >= 0.3 is 0 Å². The van der Waals surface area contributed by atoms with Crippen molar-refractivity contribution in [1.29, 1.82) is 0 Å². The topological polar surface area (TPSA) is 105 Å². The number of likely N-dealkylation sites (N-methyl/N-ethyl adjacent to an activating group) is 1. The summed E-state index contributed by atoms with van der Waals surface area (Å²) in [6, 6.07) is 16.5. The Bertz CT molecular complexity index is 1780. The molecule has 3 aromatic carbocycles. The minimum absolute atomic E-state index is 0.299. The zero-order valence-corrected chi connectivity index (χ0v) is 24.2. The number of nitrogens with one attached hydrogen (secondary N) is 2. The predicted molar refractivity (Wildman–Crippen MR) is 161 cm³/mol. The Morgan fingerprint density at radius 2 is 1.86 bits per heavy atom. The summed E-state index contributed by atoms with van der Waals surface area (Å²) in [5, 5.41) is 6.19. The number of halogens is 3. The maximum Gasteiger partial charge on any atom is 0.258 e. The first-order chi connectivity index (χ1) is 20.7. The number of nitrogens with zero attached hydrogens (tertiary/aromatic N) is 4. The molecule has 1 amide bonds. The molecule has 0 radical (unpaired) electrons. The highest BCUT2D eigenvalue weighted by molar-refractivity contribution is 6.32. The van der Waals surface area contributed by atoms with Gasteiger partial charge in [-0.05, 0) is 68.7 Å². The van der Waals surface area contributed by atoms with Crippen LogP contribution in [0.4, 0.5) is 26.1 Å². The fourth-order valence-electron chi connectivity index (χ4n) is 4.12. The van der Waals surface area contributed by atoms with Crippen LogP contribution in [0.2, 0.25) is 5.02 Å². The Morgan fingerprint density at radius 1 is 1.02 bits per heavy atom. The van der Waals surface area contributed by atoms with E-state index in [4.69, 9.17) is 20.8 Å². The van der Waals surface area contributed by atoms with E-state index in [9.17, 15) is 13.6 Å². The molecule has 5 aromatic rings. The van der Waals surface area contributed by atoms with Crippen molar-refractivity contribution in [3.05, 3.63) is 101 Å². The fourth-order valence-corrected chi connectivity index (χ4v) is 4.35. The van der Waals surface area contributed by atoms with Gasteiger partial charge in [0, 0.05) is 36.6 Å². The minimum atomic E-state index is -0.829.